The van der Waals surface area contributed by atoms with Crippen molar-refractivity contribution >= 4 is 0 Å². The Bertz CT molecular complexity index is 312. The molecule has 4 nitrogen and oxygen atoms in total. The minimum Gasteiger partial charge on any atom is -0.313 e. The molecule has 1 saturated heterocycles. The molecule has 0 spiro atoms. The summed E-state index contributed by atoms with van der Waals surface area (Å²) in [6, 6.07) is 0.611. The molecule has 0 amide bonds. The van der Waals surface area contributed by atoms with E-state index in [-0.39, 0.29) is 0 Å². The monoisotopic (exact) mass is 192 g/mol. The van der Waals surface area contributed by atoms with Crippen LogP contribution in [0.25, 0.3) is 0 Å². The highest BCUT2D eigenvalue weighted by atomic mass is 15.3. The molecule has 1 aromatic heterocycles. The lowest BCUT2D eigenvalue weighted by molar-refractivity contribution is 0.288. The normalized spacial score (nSPS) is 23.1. The highest BCUT2D eigenvalue weighted by Crippen LogP contribution is 2.29. The predicted molar refractivity (Wildman–Crippen MR) is 53.0 cm³/mol. The fourth-order valence-corrected chi connectivity index (χ4v) is 2.14. The van der Waals surface area contributed by atoms with Crippen LogP contribution in [0.1, 0.15) is 31.1 Å². The zero-order chi connectivity index (χ0) is 9.38. The van der Waals surface area contributed by atoms with Gasteiger partial charge in [0.1, 0.15) is 12.2 Å². The molecule has 0 atom stereocenters. The predicted octanol–water partition coefficient (Wildman–Crippen LogP) is 0.765. The SMILES string of the molecule is c1nnc(CC2CCC2)n1C1CNC1. The average Bonchev–Trinajstić information content (AvgIpc) is 2.42. The van der Waals surface area contributed by atoms with E-state index in [2.05, 4.69) is 20.1 Å². The lowest BCUT2D eigenvalue weighted by Gasteiger charge is -2.31. The number of nitrogens with one attached hydrogen (secondary N) is 1. The third-order valence-electron chi connectivity index (χ3n) is 3.50. The van der Waals surface area contributed by atoms with Crippen LogP contribution in [-0.4, -0.2) is 27.9 Å². The van der Waals surface area contributed by atoms with Crippen molar-refractivity contribution in [2.75, 3.05) is 13.1 Å². The largest absolute Gasteiger partial charge is 0.313 e. The van der Waals surface area contributed by atoms with Crippen LogP contribution in [0.3, 0.4) is 0 Å². The van der Waals surface area contributed by atoms with Crippen molar-refractivity contribution in [3.8, 4) is 0 Å². The Morgan fingerprint density at radius 1 is 1.43 bits per heavy atom. The first-order valence-corrected chi connectivity index (χ1v) is 5.52. The van der Waals surface area contributed by atoms with Gasteiger partial charge in [0.05, 0.1) is 6.04 Å². The number of rotatable bonds is 3. The van der Waals surface area contributed by atoms with Gasteiger partial charge in [-0.25, -0.2) is 0 Å². The molecule has 1 N–H and O–H groups in total. The van der Waals surface area contributed by atoms with E-state index in [0.717, 1.165) is 25.4 Å². The maximum atomic E-state index is 4.23. The summed E-state index contributed by atoms with van der Waals surface area (Å²) in [5.74, 6) is 2.08. The average molecular weight is 192 g/mol. The second-order valence-corrected chi connectivity index (χ2v) is 4.47. The zero-order valence-electron chi connectivity index (χ0n) is 8.32. The van der Waals surface area contributed by atoms with Crippen LogP contribution in [0.4, 0.5) is 0 Å². The molecule has 4 heteroatoms. The van der Waals surface area contributed by atoms with Crippen LogP contribution >= 0.6 is 0 Å². The van der Waals surface area contributed by atoms with E-state index in [1.54, 1.807) is 0 Å². The molecule has 0 bridgehead atoms. The van der Waals surface area contributed by atoms with Crippen LogP contribution < -0.4 is 5.32 Å². The van der Waals surface area contributed by atoms with E-state index in [1.165, 1.54) is 25.1 Å². The summed E-state index contributed by atoms with van der Waals surface area (Å²) in [7, 11) is 0. The van der Waals surface area contributed by atoms with Crippen molar-refractivity contribution in [2.24, 2.45) is 5.92 Å². The summed E-state index contributed by atoms with van der Waals surface area (Å²) >= 11 is 0. The molecular weight excluding hydrogens is 176 g/mol. The van der Waals surface area contributed by atoms with Gasteiger partial charge in [-0.2, -0.15) is 0 Å². The van der Waals surface area contributed by atoms with Crippen molar-refractivity contribution in [3.05, 3.63) is 12.2 Å². The molecule has 0 radical (unpaired) electrons. The van der Waals surface area contributed by atoms with E-state index in [4.69, 9.17) is 0 Å². The van der Waals surface area contributed by atoms with Gasteiger partial charge in [0.15, 0.2) is 0 Å². The van der Waals surface area contributed by atoms with Gasteiger partial charge in [0, 0.05) is 19.5 Å². The number of hydrogen-bond donors (Lipinski definition) is 1. The second-order valence-electron chi connectivity index (χ2n) is 4.47. The highest BCUT2D eigenvalue weighted by Gasteiger charge is 2.25. The maximum absolute atomic E-state index is 4.23. The zero-order valence-corrected chi connectivity index (χ0v) is 8.32. The molecule has 2 fully saturated rings. The highest BCUT2D eigenvalue weighted by molar-refractivity contribution is 4.96. The first-order chi connectivity index (χ1) is 6.93. The summed E-state index contributed by atoms with van der Waals surface area (Å²) in [5.41, 5.74) is 0. The molecule has 1 aliphatic carbocycles. The standard InChI is InChI=1S/C10H16N4/c1-2-8(3-1)4-10-13-12-7-14(10)9-5-11-6-9/h7-9,11H,1-6H2. The first kappa shape index (κ1) is 8.41. The third kappa shape index (κ3) is 1.34. The Hall–Kier alpha value is -0.900. The second kappa shape index (κ2) is 3.35. The van der Waals surface area contributed by atoms with E-state index in [1.807, 2.05) is 6.33 Å². The Morgan fingerprint density at radius 3 is 2.86 bits per heavy atom. The van der Waals surface area contributed by atoms with Gasteiger partial charge in [0.25, 0.3) is 0 Å². The van der Waals surface area contributed by atoms with Crippen molar-refractivity contribution < 1.29 is 0 Å². The van der Waals surface area contributed by atoms with Gasteiger partial charge in [-0.05, 0) is 5.92 Å². The van der Waals surface area contributed by atoms with Gasteiger partial charge in [-0.15, -0.1) is 10.2 Å². The summed E-state index contributed by atoms with van der Waals surface area (Å²) in [4.78, 5) is 0. The van der Waals surface area contributed by atoms with Crippen LogP contribution in [0.2, 0.25) is 0 Å². The number of nitrogens with zero attached hydrogens (tertiary/aromatic N) is 3. The summed E-state index contributed by atoms with van der Waals surface area (Å²) in [6.45, 7) is 2.16. The smallest absolute Gasteiger partial charge is 0.133 e. The molecular formula is C10H16N4. The topological polar surface area (TPSA) is 42.7 Å². The Morgan fingerprint density at radius 2 is 2.29 bits per heavy atom. The van der Waals surface area contributed by atoms with E-state index in [0.29, 0.717) is 6.04 Å². The summed E-state index contributed by atoms with van der Waals surface area (Å²) in [5, 5.41) is 11.5. The van der Waals surface area contributed by atoms with Crippen LogP contribution in [0, 0.1) is 5.92 Å². The molecule has 2 aliphatic rings. The van der Waals surface area contributed by atoms with Crippen molar-refractivity contribution in [3.63, 3.8) is 0 Å². The molecule has 3 rings (SSSR count). The van der Waals surface area contributed by atoms with Crippen LogP contribution in [-0.2, 0) is 6.42 Å². The van der Waals surface area contributed by atoms with Gasteiger partial charge in [0.2, 0.25) is 0 Å². The first-order valence-electron chi connectivity index (χ1n) is 5.52. The molecule has 0 unspecified atom stereocenters. The Kier molecular flexibility index (Phi) is 2.01. The molecule has 1 saturated carbocycles. The van der Waals surface area contributed by atoms with E-state index < -0.39 is 0 Å². The minimum absolute atomic E-state index is 0.611. The van der Waals surface area contributed by atoms with Crippen molar-refractivity contribution in [1.82, 2.24) is 20.1 Å². The lowest BCUT2D eigenvalue weighted by atomic mass is 9.83. The van der Waals surface area contributed by atoms with Crippen LogP contribution in [0.15, 0.2) is 6.33 Å². The molecule has 1 aromatic rings. The fourth-order valence-electron chi connectivity index (χ4n) is 2.14. The Balaban J connectivity index is 1.72. The molecule has 76 valence electrons. The van der Waals surface area contributed by atoms with Crippen LogP contribution in [0.5, 0.6) is 0 Å². The molecule has 1 aliphatic heterocycles. The number of hydrogen-bond acceptors (Lipinski definition) is 3. The molecule has 0 aromatic carbocycles. The van der Waals surface area contributed by atoms with Gasteiger partial charge < -0.3 is 9.88 Å². The van der Waals surface area contributed by atoms with E-state index >= 15 is 0 Å². The maximum Gasteiger partial charge on any atom is 0.133 e. The lowest BCUT2D eigenvalue weighted by Crippen LogP contribution is -2.43. The quantitative estimate of drug-likeness (QED) is 0.769. The fraction of sp³-hybridized carbons (Fsp3) is 0.800. The number of aromatic nitrogens is 3. The van der Waals surface area contributed by atoms with Gasteiger partial charge in [-0.3, -0.25) is 0 Å². The molecule has 14 heavy (non-hydrogen) atoms. The van der Waals surface area contributed by atoms with Crippen molar-refractivity contribution in [1.29, 1.82) is 0 Å². The Labute approximate surface area is 83.7 Å². The van der Waals surface area contributed by atoms with Crippen molar-refractivity contribution in [2.45, 2.75) is 31.7 Å². The summed E-state index contributed by atoms with van der Waals surface area (Å²) in [6.07, 6.45) is 7.20. The molecule has 2 heterocycles. The summed E-state index contributed by atoms with van der Waals surface area (Å²) < 4.78 is 2.26. The third-order valence-corrected chi connectivity index (χ3v) is 3.50. The van der Waals surface area contributed by atoms with E-state index in [9.17, 15) is 0 Å². The van der Waals surface area contributed by atoms with Gasteiger partial charge >= 0.3 is 0 Å². The van der Waals surface area contributed by atoms with Gasteiger partial charge in [-0.1, -0.05) is 19.3 Å². The minimum atomic E-state index is 0.611.